The van der Waals surface area contributed by atoms with Crippen molar-refractivity contribution in [3.63, 3.8) is 0 Å². The summed E-state index contributed by atoms with van der Waals surface area (Å²) in [6.45, 7) is 0.773. The number of aliphatic hydroxyl groups is 1. The molecule has 1 saturated heterocycles. The highest BCUT2D eigenvalue weighted by molar-refractivity contribution is 7.89. The number of fused-ring (bicyclic) bond motifs is 1. The molecule has 0 radical (unpaired) electrons. The van der Waals surface area contributed by atoms with E-state index < -0.39 is 22.4 Å². The number of ketones is 1. The molecule has 1 aliphatic heterocycles. The number of aliphatic hydroxyl groups excluding tert-OH is 1. The Morgan fingerprint density at radius 2 is 1.68 bits per heavy atom. The first-order chi connectivity index (χ1) is 17.9. The highest BCUT2D eigenvalue weighted by atomic mass is 32.2. The maximum absolute atomic E-state index is 13.1. The Morgan fingerprint density at radius 1 is 0.919 bits per heavy atom. The molecule has 1 aromatic heterocycles. The Labute approximate surface area is 214 Å². The van der Waals surface area contributed by atoms with Gasteiger partial charge in [0.15, 0.2) is 5.78 Å². The van der Waals surface area contributed by atoms with E-state index in [0.717, 1.165) is 36.0 Å². The minimum atomic E-state index is -3.49. The Bertz CT molecular complexity index is 1620. The summed E-state index contributed by atoms with van der Waals surface area (Å²) in [5.41, 5.74) is 3.10. The van der Waals surface area contributed by atoms with Crippen molar-refractivity contribution in [2.24, 2.45) is 0 Å². The van der Waals surface area contributed by atoms with Gasteiger partial charge in [-0.3, -0.25) is 14.2 Å². The zero-order chi connectivity index (χ0) is 26.0. The van der Waals surface area contributed by atoms with E-state index in [1.54, 1.807) is 40.7 Å². The number of carbonyl (C=O) groups excluding carboxylic acids is 1. The van der Waals surface area contributed by atoms with Gasteiger partial charge >= 0.3 is 0 Å². The lowest BCUT2D eigenvalue weighted by molar-refractivity contribution is 0.0904. The lowest BCUT2D eigenvalue weighted by Gasteiger charge is -2.25. The summed E-state index contributed by atoms with van der Waals surface area (Å²) in [5, 5.41) is 9.44. The van der Waals surface area contributed by atoms with Crippen molar-refractivity contribution in [3.8, 4) is 11.1 Å². The van der Waals surface area contributed by atoms with E-state index in [9.17, 15) is 18.0 Å². The van der Waals surface area contributed by atoms with Crippen LogP contribution in [0.5, 0.6) is 0 Å². The van der Waals surface area contributed by atoms with Crippen LogP contribution in [-0.4, -0.2) is 52.9 Å². The molecule has 3 aromatic carbocycles. The van der Waals surface area contributed by atoms with Crippen molar-refractivity contribution < 1.29 is 18.3 Å². The molecule has 0 amide bonds. The van der Waals surface area contributed by atoms with Crippen LogP contribution in [0.25, 0.3) is 22.0 Å². The van der Waals surface area contributed by atoms with Crippen molar-refractivity contribution >= 4 is 26.7 Å². The second-order valence-corrected chi connectivity index (χ2v) is 11.1. The number of nitrogens with zero attached hydrogens (tertiary/aromatic N) is 3. The second-order valence-electron chi connectivity index (χ2n) is 9.18. The fourth-order valence-electron chi connectivity index (χ4n) is 4.66. The molecule has 9 heteroatoms. The quantitative estimate of drug-likeness (QED) is 0.376. The summed E-state index contributed by atoms with van der Waals surface area (Å²) in [6, 6.07) is 19.2. The van der Waals surface area contributed by atoms with Gasteiger partial charge in [0.05, 0.1) is 28.7 Å². The van der Waals surface area contributed by atoms with Gasteiger partial charge in [0.2, 0.25) is 10.0 Å². The number of hydrogen-bond donors (Lipinski definition) is 1. The molecule has 37 heavy (non-hydrogen) atoms. The molecule has 8 nitrogen and oxygen atoms in total. The van der Waals surface area contributed by atoms with Crippen LogP contribution in [0.2, 0.25) is 0 Å². The maximum Gasteiger partial charge on any atom is 0.261 e. The molecule has 5 rings (SSSR count). The molecule has 0 unspecified atom stereocenters. The van der Waals surface area contributed by atoms with E-state index in [0.29, 0.717) is 28.9 Å². The molecule has 1 fully saturated rings. The molecule has 0 bridgehead atoms. The molecule has 2 heterocycles. The van der Waals surface area contributed by atoms with Gasteiger partial charge in [-0.15, -0.1) is 0 Å². The van der Waals surface area contributed by atoms with E-state index >= 15 is 0 Å². The Kier molecular flexibility index (Phi) is 7.01. The van der Waals surface area contributed by atoms with E-state index in [2.05, 4.69) is 4.98 Å². The SMILES string of the molecule is O=C(CO)c1ccc2ncn(Cc3cccc(-c4ccc(S(=O)(=O)N5CCCCC5)cc4)c3)c(=O)c2c1. The van der Waals surface area contributed by atoms with Gasteiger partial charge in [-0.2, -0.15) is 4.31 Å². The van der Waals surface area contributed by atoms with Crippen LogP contribution >= 0.6 is 0 Å². The van der Waals surface area contributed by atoms with Crippen molar-refractivity contribution in [1.29, 1.82) is 0 Å². The first-order valence-corrected chi connectivity index (χ1v) is 13.6. The lowest BCUT2D eigenvalue weighted by atomic mass is 10.0. The van der Waals surface area contributed by atoms with Crippen molar-refractivity contribution in [3.05, 3.63) is 94.5 Å². The minimum absolute atomic E-state index is 0.263. The van der Waals surface area contributed by atoms with Gasteiger partial charge in [0.25, 0.3) is 5.56 Å². The largest absolute Gasteiger partial charge is 0.388 e. The lowest BCUT2D eigenvalue weighted by Crippen LogP contribution is -2.35. The van der Waals surface area contributed by atoms with Crippen LogP contribution in [0.15, 0.2) is 82.7 Å². The number of carbonyl (C=O) groups is 1. The molecule has 190 valence electrons. The molecule has 1 aliphatic rings. The average Bonchev–Trinajstić information content (AvgIpc) is 2.94. The van der Waals surface area contributed by atoms with Crippen LogP contribution < -0.4 is 5.56 Å². The fraction of sp³-hybridized carbons (Fsp3) is 0.250. The molecular formula is C28H27N3O5S. The van der Waals surface area contributed by atoms with Gasteiger partial charge in [-0.1, -0.05) is 36.8 Å². The average molecular weight is 518 g/mol. The standard InChI is InChI=1S/C28H27N3O5S/c32-18-27(33)23-9-12-26-25(16-23)28(34)30(19-29-26)17-20-5-4-6-22(15-20)21-7-10-24(11-8-21)37(35,36)31-13-2-1-3-14-31/h4-12,15-16,19,32H,1-3,13-14,17-18H2. The summed E-state index contributed by atoms with van der Waals surface area (Å²) in [6.07, 6.45) is 4.32. The molecule has 0 saturated carbocycles. The summed E-state index contributed by atoms with van der Waals surface area (Å²) in [7, 11) is -3.49. The topological polar surface area (TPSA) is 110 Å². The third kappa shape index (κ3) is 5.11. The number of Topliss-reactive ketones (excluding diaryl/α,β-unsaturated/α-hetero) is 1. The van der Waals surface area contributed by atoms with E-state index in [4.69, 9.17) is 5.11 Å². The van der Waals surface area contributed by atoms with Gasteiger partial charge < -0.3 is 5.11 Å². The highest BCUT2D eigenvalue weighted by Crippen LogP contribution is 2.25. The van der Waals surface area contributed by atoms with Gasteiger partial charge in [0.1, 0.15) is 6.61 Å². The van der Waals surface area contributed by atoms with Gasteiger partial charge in [-0.05, 0) is 65.9 Å². The number of benzene rings is 3. The summed E-state index contributed by atoms with van der Waals surface area (Å²) in [4.78, 5) is 29.6. The Balaban J connectivity index is 1.40. The summed E-state index contributed by atoms with van der Waals surface area (Å²) < 4.78 is 28.9. The van der Waals surface area contributed by atoms with Crippen molar-refractivity contribution in [1.82, 2.24) is 13.9 Å². The molecule has 4 aromatic rings. The van der Waals surface area contributed by atoms with E-state index in [-0.39, 0.29) is 17.7 Å². The number of rotatable bonds is 7. The fourth-order valence-corrected chi connectivity index (χ4v) is 6.17. The molecule has 1 N–H and O–H groups in total. The Morgan fingerprint density at radius 3 is 2.41 bits per heavy atom. The van der Waals surface area contributed by atoms with Crippen molar-refractivity contribution in [2.75, 3.05) is 19.7 Å². The Hall–Kier alpha value is -3.66. The molecule has 0 aliphatic carbocycles. The van der Waals surface area contributed by atoms with Crippen LogP contribution in [0, 0.1) is 0 Å². The molecular weight excluding hydrogens is 490 g/mol. The first-order valence-electron chi connectivity index (χ1n) is 12.2. The predicted molar refractivity (Wildman–Crippen MR) is 141 cm³/mol. The second kappa shape index (κ2) is 10.4. The predicted octanol–water partition coefficient (Wildman–Crippen LogP) is 3.46. The van der Waals surface area contributed by atoms with E-state index in [1.165, 1.54) is 17.0 Å². The monoisotopic (exact) mass is 517 g/mol. The third-order valence-corrected chi connectivity index (χ3v) is 8.62. The first kappa shape index (κ1) is 25.0. The smallest absolute Gasteiger partial charge is 0.261 e. The van der Waals surface area contributed by atoms with Crippen LogP contribution in [0.1, 0.15) is 35.2 Å². The number of piperidine rings is 1. The van der Waals surface area contributed by atoms with Crippen molar-refractivity contribution in [2.45, 2.75) is 30.7 Å². The zero-order valence-electron chi connectivity index (χ0n) is 20.2. The summed E-state index contributed by atoms with van der Waals surface area (Å²) in [5.74, 6) is -0.459. The van der Waals surface area contributed by atoms with Crippen LogP contribution in [-0.2, 0) is 16.6 Å². The van der Waals surface area contributed by atoms with Gasteiger partial charge in [-0.25, -0.2) is 13.4 Å². The maximum atomic E-state index is 13.1. The highest BCUT2D eigenvalue weighted by Gasteiger charge is 2.25. The normalized spacial score (nSPS) is 14.6. The molecule has 0 atom stereocenters. The molecule has 0 spiro atoms. The summed E-state index contributed by atoms with van der Waals surface area (Å²) >= 11 is 0. The zero-order valence-corrected chi connectivity index (χ0v) is 21.0. The van der Waals surface area contributed by atoms with Crippen LogP contribution in [0.3, 0.4) is 0 Å². The minimum Gasteiger partial charge on any atom is -0.388 e. The number of hydrogen-bond acceptors (Lipinski definition) is 6. The number of aromatic nitrogens is 2. The number of sulfonamides is 1. The van der Waals surface area contributed by atoms with E-state index in [1.807, 2.05) is 24.3 Å². The van der Waals surface area contributed by atoms with Crippen LogP contribution in [0.4, 0.5) is 0 Å². The third-order valence-electron chi connectivity index (χ3n) is 6.71. The van der Waals surface area contributed by atoms with Gasteiger partial charge in [0, 0.05) is 18.7 Å².